The van der Waals surface area contributed by atoms with E-state index < -0.39 is 0 Å². The molecule has 1 N–H and O–H groups in total. The van der Waals surface area contributed by atoms with E-state index in [0.29, 0.717) is 18.6 Å². The second-order valence-corrected chi connectivity index (χ2v) is 6.62. The molecule has 2 heterocycles. The molecule has 2 unspecified atom stereocenters. The molecule has 1 aliphatic carbocycles. The largest absolute Gasteiger partial charge is 0.447 e. The maximum absolute atomic E-state index is 12.2. The smallest absolute Gasteiger partial charge is 0.410 e. The molecule has 0 aromatic heterocycles. The molecule has 1 saturated carbocycles. The molecular weight excluding hydrogens is 240 g/mol. The van der Waals surface area contributed by atoms with Crippen molar-refractivity contribution >= 4 is 6.09 Å². The molecule has 2 atom stereocenters. The van der Waals surface area contributed by atoms with E-state index in [-0.39, 0.29) is 11.6 Å². The van der Waals surface area contributed by atoms with E-state index in [0.717, 1.165) is 25.9 Å². The number of rotatable bonds is 2. The summed E-state index contributed by atoms with van der Waals surface area (Å²) < 4.78 is 5.45. The summed E-state index contributed by atoms with van der Waals surface area (Å²) in [4.78, 5) is 14.3. The number of cyclic esters (lactones) is 1. The van der Waals surface area contributed by atoms with Crippen LogP contribution in [0.5, 0.6) is 0 Å². The average molecular weight is 266 g/mol. The Labute approximate surface area is 115 Å². The predicted octanol–water partition coefficient (Wildman–Crippen LogP) is 2.53. The highest BCUT2D eigenvalue weighted by molar-refractivity contribution is 5.71. The number of nitrogens with one attached hydrogen (secondary N) is 1. The fraction of sp³-hybridized carbons (Fsp3) is 0.933. The minimum absolute atomic E-state index is 0.0695. The Hall–Kier alpha value is -0.770. The lowest BCUT2D eigenvalue weighted by molar-refractivity contribution is 0.0536. The molecule has 0 bridgehead atoms. The maximum Gasteiger partial charge on any atom is 0.410 e. The van der Waals surface area contributed by atoms with Gasteiger partial charge in [0.05, 0.1) is 5.54 Å². The van der Waals surface area contributed by atoms with Crippen LogP contribution in [0.15, 0.2) is 0 Å². The van der Waals surface area contributed by atoms with E-state index in [9.17, 15) is 4.79 Å². The lowest BCUT2D eigenvalue weighted by Gasteiger charge is -2.45. The van der Waals surface area contributed by atoms with Gasteiger partial charge in [0.15, 0.2) is 0 Å². The van der Waals surface area contributed by atoms with Crippen LogP contribution in [0.25, 0.3) is 0 Å². The van der Waals surface area contributed by atoms with Crippen LogP contribution in [-0.2, 0) is 4.74 Å². The van der Waals surface area contributed by atoms with Crippen molar-refractivity contribution in [1.82, 2.24) is 10.2 Å². The topological polar surface area (TPSA) is 41.6 Å². The molecule has 4 heteroatoms. The molecule has 19 heavy (non-hydrogen) atoms. The molecule has 108 valence electrons. The fourth-order valence-corrected chi connectivity index (χ4v) is 4.16. The van der Waals surface area contributed by atoms with Gasteiger partial charge in [-0.15, -0.1) is 0 Å². The molecule has 0 aromatic carbocycles. The Kier molecular flexibility index (Phi) is 3.70. The van der Waals surface area contributed by atoms with E-state index >= 15 is 0 Å². The van der Waals surface area contributed by atoms with Crippen molar-refractivity contribution in [2.45, 2.75) is 63.5 Å². The minimum Gasteiger partial charge on any atom is -0.447 e. The van der Waals surface area contributed by atoms with E-state index in [2.05, 4.69) is 17.1 Å². The average Bonchev–Trinajstić information content (AvgIpc) is 2.78. The lowest BCUT2D eigenvalue weighted by atomic mass is 9.78. The summed E-state index contributed by atoms with van der Waals surface area (Å²) >= 11 is 0. The quantitative estimate of drug-likeness (QED) is 0.835. The first-order valence-corrected chi connectivity index (χ1v) is 7.88. The monoisotopic (exact) mass is 266 g/mol. The molecule has 0 spiro atoms. The van der Waals surface area contributed by atoms with Crippen molar-refractivity contribution in [2.24, 2.45) is 5.92 Å². The molecule has 3 aliphatic rings. The Bertz CT molecular complexity index is 335. The van der Waals surface area contributed by atoms with Crippen molar-refractivity contribution < 1.29 is 9.53 Å². The Morgan fingerprint density at radius 2 is 2.00 bits per heavy atom. The number of hydrogen-bond acceptors (Lipinski definition) is 3. The van der Waals surface area contributed by atoms with Gasteiger partial charge >= 0.3 is 6.09 Å². The summed E-state index contributed by atoms with van der Waals surface area (Å²) in [6.45, 7) is 4.96. The van der Waals surface area contributed by atoms with Gasteiger partial charge in [-0.3, -0.25) is 4.90 Å². The number of carbonyl (C=O) groups excluding carboxylic acids is 1. The number of hydrogen-bond donors (Lipinski definition) is 1. The number of carbonyl (C=O) groups is 1. The van der Waals surface area contributed by atoms with Gasteiger partial charge in [0, 0.05) is 12.6 Å². The van der Waals surface area contributed by atoms with Crippen LogP contribution < -0.4 is 5.32 Å². The van der Waals surface area contributed by atoms with Gasteiger partial charge in [0.1, 0.15) is 6.61 Å². The number of piperidine rings is 1. The first kappa shape index (κ1) is 13.2. The van der Waals surface area contributed by atoms with Gasteiger partial charge in [0.25, 0.3) is 0 Å². The van der Waals surface area contributed by atoms with Gasteiger partial charge in [0.2, 0.25) is 0 Å². The van der Waals surface area contributed by atoms with Crippen LogP contribution in [0.2, 0.25) is 0 Å². The molecule has 0 radical (unpaired) electrons. The van der Waals surface area contributed by atoms with Gasteiger partial charge in [-0.05, 0) is 45.1 Å². The Morgan fingerprint density at radius 3 is 2.68 bits per heavy atom. The number of amides is 1. The molecule has 4 nitrogen and oxygen atoms in total. The zero-order valence-corrected chi connectivity index (χ0v) is 12.0. The molecule has 1 amide bonds. The zero-order valence-electron chi connectivity index (χ0n) is 12.0. The van der Waals surface area contributed by atoms with Crippen LogP contribution in [0.4, 0.5) is 4.79 Å². The van der Waals surface area contributed by atoms with Crippen LogP contribution in [0.3, 0.4) is 0 Å². The molecule has 2 saturated heterocycles. The Balaban J connectivity index is 1.79. The third-order valence-electron chi connectivity index (χ3n) is 5.35. The van der Waals surface area contributed by atoms with E-state index in [1.165, 1.54) is 32.1 Å². The maximum atomic E-state index is 12.2. The SMILES string of the molecule is CC1(C2CCCNC2)COC(=O)N1C1CCCCC1. The highest BCUT2D eigenvalue weighted by atomic mass is 16.6. The van der Waals surface area contributed by atoms with E-state index in [1.54, 1.807) is 0 Å². The second-order valence-electron chi connectivity index (χ2n) is 6.62. The zero-order chi connectivity index (χ0) is 13.3. The number of ether oxygens (including phenoxy) is 1. The first-order valence-electron chi connectivity index (χ1n) is 7.88. The van der Waals surface area contributed by atoms with E-state index in [4.69, 9.17) is 4.74 Å². The van der Waals surface area contributed by atoms with Crippen molar-refractivity contribution in [2.75, 3.05) is 19.7 Å². The fourth-order valence-electron chi connectivity index (χ4n) is 4.16. The summed E-state index contributed by atoms with van der Waals surface area (Å²) in [5, 5.41) is 3.48. The third-order valence-corrected chi connectivity index (χ3v) is 5.35. The van der Waals surface area contributed by atoms with Crippen LogP contribution >= 0.6 is 0 Å². The summed E-state index contributed by atoms with van der Waals surface area (Å²) in [6, 6.07) is 0.413. The lowest BCUT2D eigenvalue weighted by Crippen LogP contribution is -2.58. The summed E-state index contributed by atoms with van der Waals surface area (Å²) in [5.41, 5.74) is -0.0908. The van der Waals surface area contributed by atoms with Crippen molar-refractivity contribution in [3.63, 3.8) is 0 Å². The highest BCUT2D eigenvalue weighted by Crippen LogP contribution is 2.39. The summed E-state index contributed by atoms with van der Waals surface area (Å²) in [6.07, 6.45) is 8.51. The molecule has 2 aliphatic heterocycles. The summed E-state index contributed by atoms with van der Waals surface area (Å²) in [7, 11) is 0. The van der Waals surface area contributed by atoms with Crippen molar-refractivity contribution in [3.8, 4) is 0 Å². The Morgan fingerprint density at radius 1 is 1.21 bits per heavy atom. The van der Waals surface area contributed by atoms with Gasteiger partial charge in [-0.25, -0.2) is 4.79 Å². The molecular formula is C15H26N2O2. The van der Waals surface area contributed by atoms with Gasteiger partial charge < -0.3 is 10.1 Å². The summed E-state index contributed by atoms with van der Waals surface area (Å²) in [5.74, 6) is 0.537. The molecule has 3 rings (SSSR count). The van der Waals surface area contributed by atoms with Crippen LogP contribution in [0.1, 0.15) is 51.9 Å². The van der Waals surface area contributed by atoms with Crippen molar-refractivity contribution in [1.29, 1.82) is 0 Å². The van der Waals surface area contributed by atoms with Crippen LogP contribution in [0, 0.1) is 5.92 Å². The van der Waals surface area contributed by atoms with Crippen LogP contribution in [-0.4, -0.2) is 42.3 Å². The normalized spacial score (nSPS) is 37.4. The third kappa shape index (κ3) is 2.35. The van der Waals surface area contributed by atoms with E-state index in [1.807, 2.05) is 0 Å². The van der Waals surface area contributed by atoms with Gasteiger partial charge in [-0.2, -0.15) is 0 Å². The predicted molar refractivity (Wildman–Crippen MR) is 74.1 cm³/mol. The number of nitrogens with zero attached hydrogens (tertiary/aromatic N) is 1. The molecule has 3 fully saturated rings. The first-order chi connectivity index (χ1) is 9.22. The second kappa shape index (κ2) is 5.31. The minimum atomic E-state index is -0.0908. The standard InChI is InChI=1S/C15H26N2O2/c1-15(12-6-5-9-16-10-12)11-19-14(18)17(15)13-7-3-2-4-8-13/h12-13,16H,2-11H2,1H3. The van der Waals surface area contributed by atoms with Crippen molar-refractivity contribution in [3.05, 3.63) is 0 Å². The highest BCUT2D eigenvalue weighted by Gasteiger charge is 2.51. The molecule has 0 aromatic rings. The van der Waals surface area contributed by atoms with Gasteiger partial charge in [-0.1, -0.05) is 19.3 Å².